The molecule has 0 atom stereocenters. The molecule has 0 unspecified atom stereocenters. The molecule has 0 aromatic carbocycles. The Balaban J connectivity index is 1.62. The monoisotopic (exact) mass is 408 g/mol. The molecule has 4 heterocycles. The van der Waals surface area contributed by atoms with E-state index in [4.69, 9.17) is 4.52 Å². The van der Waals surface area contributed by atoms with Gasteiger partial charge in [0, 0.05) is 30.3 Å². The lowest BCUT2D eigenvalue weighted by Crippen LogP contribution is -2.32. The number of hydrogen-bond donors (Lipinski definition) is 0. The van der Waals surface area contributed by atoms with Gasteiger partial charge >= 0.3 is 0 Å². The van der Waals surface area contributed by atoms with Gasteiger partial charge in [0.25, 0.3) is 11.8 Å². The lowest BCUT2D eigenvalue weighted by atomic mass is 9.96. The third kappa shape index (κ3) is 3.99. The number of hydrogen-bond acceptors (Lipinski definition) is 6. The SMILES string of the molecule is Cc1c(C(=O)N2CCCCCC2)cnn1-c1cc(-c2nc(C(C)(C)C)no2)ccn1. The van der Waals surface area contributed by atoms with Gasteiger partial charge < -0.3 is 9.42 Å². The number of rotatable bonds is 3. The number of amides is 1. The van der Waals surface area contributed by atoms with Crippen LogP contribution in [0.5, 0.6) is 0 Å². The van der Waals surface area contributed by atoms with E-state index < -0.39 is 0 Å². The fourth-order valence-electron chi connectivity index (χ4n) is 3.61. The average molecular weight is 409 g/mol. The van der Waals surface area contributed by atoms with Gasteiger partial charge in [0.1, 0.15) is 0 Å². The van der Waals surface area contributed by atoms with Gasteiger partial charge in [-0.25, -0.2) is 9.67 Å². The second-order valence-corrected chi connectivity index (χ2v) is 8.84. The van der Waals surface area contributed by atoms with Crippen LogP contribution in [0.25, 0.3) is 17.3 Å². The average Bonchev–Trinajstić information content (AvgIpc) is 3.27. The molecule has 1 amide bonds. The summed E-state index contributed by atoms with van der Waals surface area (Å²) in [6.07, 6.45) is 7.81. The summed E-state index contributed by atoms with van der Waals surface area (Å²) >= 11 is 0. The summed E-state index contributed by atoms with van der Waals surface area (Å²) < 4.78 is 7.14. The zero-order valence-corrected chi connectivity index (χ0v) is 18.1. The second kappa shape index (κ2) is 8.01. The minimum atomic E-state index is -0.196. The molecular weight excluding hydrogens is 380 g/mol. The van der Waals surface area contributed by atoms with Gasteiger partial charge in [0.2, 0.25) is 0 Å². The maximum Gasteiger partial charge on any atom is 0.258 e. The zero-order chi connectivity index (χ0) is 21.3. The molecule has 0 N–H and O–H groups in total. The van der Waals surface area contributed by atoms with E-state index in [1.807, 2.05) is 44.7 Å². The molecule has 0 radical (unpaired) electrons. The Kier molecular flexibility index (Phi) is 5.40. The summed E-state index contributed by atoms with van der Waals surface area (Å²) in [5.41, 5.74) is 1.96. The number of likely N-dealkylation sites (tertiary alicyclic amines) is 1. The largest absolute Gasteiger partial charge is 0.339 e. The Morgan fingerprint density at radius 1 is 1.13 bits per heavy atom. The van der Waals surface area contributed by atoms with Gasteiger partial charge in [0.05, 0.1) is 17.5 Å². The van der Waals surface area contributed by atoms with E-state index in [0.29, 0.717) is 23.1 Å². The molecule has 3 aromatic heterocycles. The highest BCUT2D eigenvalue weighted by atomic mass is 16.5. The van der Waals surface area contributed by atoms with Crippen molar-refractivity contribution in [2.75, 3.05) is 13.1 Å². The molecular formula is C22H28N6O2. The first kappa shape index (κ1) is 20.3. The topological polar surface area (TPSA) is 89.9 Å². The summed E-state index contributed by atoms with van der Waals surface area (Å²) in [7, 11) is 0. The van der Waals surface area contributed by atoms with Crippen LogP contribution < -0.4 is 0 Å². The van der Waals surface area contributed by atoms with Gasteiger partial charge in [-0.15, -0.1) is 0 Å². The zero-order valence-electron chi connectivity index (χ0n) is 18.1. The molecule has 1 aliphatic heterocycles. The lowest BCUT2D eigenvalue weighted by molar-refractivity contribution is 0.0761. The molecule has 4 rings (SSSR count). The Labute approximate surface area is 176 Å². The van der Waals surface area contributed by atoms with E-state index in [2.05, 4.69) is 20.2 Å². The summed E-state index contributed by atoms with van der Waals surface area (Å²) in [5.74, 6) is 1.74. The number of carbonyl (C=O) groups excluding carboxylic acids is 1. The molecule has 30 heavy (non-hydrogen) atoms. The van der Waals surface area contributed by atoms with Crippen molar-refractivity contribution in [1.82, 2.24) is 29.8 Å². The lowest BCUT2D eigenvalue weighted by Gasteiger charge is -2.19. The number of aromatic nitrogens is 5. The van der Waals surface area contributed by atoms with Crippen LogP contribution in [0.4, 0.5) is 0 Å². The first-order chi connectivity index (χ1) is 14.3. The Hall–Kier alpha value is -3.03. The van der Waals surface area contributed by atoms with Crippen molar-refractivity contribution < 1.29 is 9.32 Å². The van der Waals surface area contributed by atoms with E-state index >= 15 is 0 Å². The van der Waals surface area contributed by atoms with Gasteiger partial charge in [-0.1, -0.05) is 38.8 Å². The number of carbonyl (C=O) groups is 1. The molecule has 0 saturated carbocycles. The first-order valence-electron chi connectivity index (χ1n) is 10.5. The van der Waals surface area contributed by atoms with Gasteiger partial charge in [0.15, 0.2) is 11.6 Å². The minimum Gasteiger partial charge on any atom is -0.339 e. The second-order valence-electron chi connectivity index (χ2n) is 8.84. The van der Waals surface area contributed by atoms with Crippen molar-refractivity contribution >= 4 is 5.91 Å². The number of pyridine rings is 1. The highest BCUT2D eigenvalue weighted by molar-refractivity contribution is 5.95. The fraction of sp³-hybridized carbons (Fsp3) is 0.500. The van der Waals surface area contributed by atoms with Crippen LogP contribution in [0.1, 0.15) is 68.3 Å². The van der Waals surface area contributed by atoms with Crippen LogP contribution in [0.2, 0.25) is 0 Å². The first-order valence-corrected chi connectivity index (χ1v) is 10.5. The molecule has 3 aromatic rings. The standard InChI is InChI=1S/C22H28N6O2/c1-15-17(20(29)27-11-7-5-6-8-12-27)14-24-28(15)18-13-16(9-10-23-18)19-25-21(26-30-19)22(2,3)4/h9-10,13-14H,5-8,11-12H2,1-4H3. The van der Waals surface area contributed by atoms with Gasteiger partial charge in [-0.2, -0.15) is 10.1 Å². The van der Waals surface area contributed by atoms with Gasteiger partial charge in [-0.3, -0.25) is 4.79 Å². The van der Waals surface area contributed by atoms with E-state index in [1.165, 1.54) is 12.8 Å². The molecule has 0 bridgehead atoms. The molecule has 0 aliphatic carbocycles. The summed E-state index contributed by atoms with van der Waals surface area (Å²) in [6, 6.07) is 3.67. The Bertz CT molecular complexity index is 1040. The van der Waals surface area contributed by atoms with Crippen LogP contribution in [0.3, 0.4) is 0 Å². The molecule has 0 spiro atoms. The third-order valence-corrected chi connectivity index (χ3v) is 5.44. The molecule has 158 valence electrons. The van der Waals surface area contributed by atoms with Crippen molar-refractivity contribution in [3.8, 4) is 17.3 Å². The van der Waals surface area contributed by atoms with E-state index in [1.54, 1.807) is 17.1 Å². The Morgan fingerprint density at radius 2 is 1.87 bits per heavy atom. The quantitative estimate of drug-likeness (QED) is 0.652. The van der Waals surface area contributed by atoms with Crippen molar-refractivity contribution in [3.05, 3.63) is 41.6 Å². The van der Waals surface area contributed by atoms with E-state index in [-0.39, 0.29) is 11.3 Å². The third-order valence-electron chi connectivity index (χ3n) is 5.44. The maximum atomic E-state index is 13.0. The summed E-state index contributed by atoms with van der Waals surface area (Å²) in [4.78, 5) is 23.9. The van der Waals surface area contributed by atoms with Crippen molar-refractivity contribution in [2.45, 2.75) is 58.8 Å². The fourth-order valence-corrected chi connectivity index (χ4v) is 3.61. The van der Waals surface area contributed by atoms with Crippen molar-refractivity contribution in [2.24, 2.45) is 0 Å². The van der Waals surface area contributed by atoms with Crippen molar-refractivity contribution in [3.63, 3.8) is 0 Å². The minimum absolute atomic E-state index is 0.0449. The predicted octanol–water partition coefficient (Wildman–Crippen LogP) is 3.94. The number of nitrogens with zero attached hydrogens (tertiary/aromatic N) is 6. The molecule has 1 fully saturated rings. The van der Waals surface area contributed by atoms with Gasteiger partial charge in [-0.05, 0) is 31.9 Å². The van der Waals surface area contributed by atoms with Crippen molar-refractivity contribution in [1.29, 1.82) is 0 Å². The Morgan fingerprint density at radius 3 is 2.53 bits per heavy atom. The highest BCUT2D eigenvalue weighted by Gasteiger charge is 2.24. The van der Waals surface area contributed by atoms with Crippen LogP contribution in [0.15, 0.2) is 29.0 Å². The molecule has 8 heteroatoms. The normalized spacial score (nSPS) is 15.3. The van der Waals surface area contributed by atoms with Crippen LogP contribution in [0, 0.1) is 6.92 Å². The summed E-state index contributed by atoms with van der Waals surface area (Å²) in [6.45, 7) is 9.63. The predicted molar refractivity (Wildman–Crippen MR) is 112 cm³/mol. The van der Waals surface area contributed by atoms with Crippen LogP contribution in [-0.4, -0.2) is 48.8 Å². The highest BCUT2D eigenvalue weighted by Crippen LogP contribution is 2.25. The molecule has 1 aliphatic rings. The smallest absolute Gasteiger partial charge is 0.258 e. The van der Waals surface area contributed by atoms with Crippen LogP contribution in [-0.2, 0) is 5.41 Å². The maximum absolute atomic E-state index is 13.0. The molecule has 1 saturated heterocycles. The summed E-state index contributed by atoms with van der Waals surface area (Å²) in [5, 5.41) is 8.54. The molecule has 8 nitrogen and oxygen atoms in total. The van der Waals surface area contributed by atoms with E-state index in [0.717, 1.165) is 37.2 Å². The van der Waals surface area contributed by atoms with E-state index in [9.17, 15) is 4.79 Å². The van der Waals surface area contributed by atoms with Crippen LogP contribution >= 0.6 is 0 Å².